The summed E-state index contributed by atoms with van der Waals surface area (Å²) in [4.78, 5) is 3.15. The van der Waals surface area contributed by atoms with Crippen molar-refractivity contribution < 1.29 is 21.3 Å². The summed E-state index contributed by atoms with van der Waals surface area (Å²) in [6, 6.07) is 18.1. The van der Waals surface area contributed by atoms with E-state index in [1.165, 1.54) is 97.6 Å². The van der Waals surface area contributed by atoms with Crippen molar-refractivity contribution in [3.8, 4) is 0 Å². The minimum atomic E-state index is 0. The average Bonchev–Trinajstić information content (AvgIpc) is 3.04. The van der Waals surface area contributed by atoms with Crippen LogP contribution < -0.4 is 0 Å². The molecular formula is C40H62N2Ni. The van der Waals surface area contributed by atoms with Crippen molar-refractivity contribution in [1.29, 1.82) is 0 Å². The predicted octanol–water partition coefficient (Wildman–Crippen LogP) is 12.6. The summed E-state index contributed by atoms with van der Waals surface area (Å²) in [6.45, 7) is 18.2. The molecule has 0 radical (unpaired) electrons. The number of hydrogen-bond donors (Lipinski definition) is 0. The smallest absolute Gasteiger partial charge is 0.348 e. The SMILES string of the molecule is CCCCCCCCc1ccc(C(=C(C=C=[N+]=[N-])CCCC)c2cccc(CCCC)c2)cc1.[CH2-]CCC.[CH2-]CCC.[Ni+2]. The van der Waals surface area contributed by atoms with Crippen molar-refractivity contribution in [2.24, 2.45) is 0 Å². The van der Waals surface area contributed by atoms with Crippen LogP contribution >= 0.6 is 0 Å². The second-order valence-corrected chi connectivity index (χ2v) is 11.1. The average molecular weight is 630 g/mol. The van der Waals surface area contributed by atoms with E-state index in [4.69, 9.17) is 5.53 Å². The number of unbranched alkanes of at least 4 members (excludes halogenated alkanes) is 9. The van der Waals surface area contributed by atoms with Crippen LogP contribution in [0.15, 0.2) is 60.2 Å². The van der Waals surface area contributed by atoms with Crippen LogP contribution in [0.4, 0.5) is 0 Å². The molecule has 0 saturated carbocycles. The molecular weight excluding hydrogens is 567 g/mol. The molecule has 2 aromatic carbocycles. The molecule has 2 rings (SSSR count). The summed E-state index contributed by atoms with van der Waals surface area (Å²) < 4.78 is 0. The second-order valence-electron chi connectivity index (χ2n) is 11.1. The molecule has 0 saturated heterocycles. The number of benzene rings is 2. The van der Waals surface area contributed by atoms with Crippen LogP contribution in [-0.4, -0.2) is 10.7 Å². The number of nitrogens with zero attached hydrogens (tertiary/aromatic N) is 2. The summed E-state index contributed by atoms with van der Waals surface area (Å²) in [6.07, 6.45) is 22.2. The second kappa shape index (κ2) is 31.3. The zero-order valence-corrected chi connectivity index (χ0v) is 29.3. The first kappa shape index (κ1) is 43.0. The van der Waals surface area contributed by atoms with Gasteiger partial charge in [-0.15, -0.1) is 4.79 Å². The summed E-state index contributed by atoms with van der Waals surface area (Å²) in [5, 5.41) is 0. The van der Waals surface area contributed by atoms with E-state index in [0.29, 0.717) is 0 Å². The van der Waals surface area contributed by atoms with E-state index in [1.807, 2.05) is 6.08 Å². The monoisotopic (exact) mass is 628 g/mol. The predicted molar refractivity (Wildman–Crippen MR) is 188 cm³/mol. The minimum absolute atomic E-state index is 0. The molecule has 0 aliphatic carbocycles. The molecule has 0 amide bonds. The van der Waals surface area contributed by atoms with Crippen LogP contribution in [0, 0.1) is 13.8 Å². The van der Waals surface area contributed by atoms with Gasteiger partial charge in [0, 0.05) is 0 Å². The van der Waals surface area contributed by atoms with Crippen molar-refractivity contribution in [2.75, 3.05) is 0 Å². The number of aryl methyl sites for hydroxylation is 2. The third-order valence-corrected chi connectivity index (χ3v) is 7.22. The van der Waals surface area contributed by atoms with E-state index in [-0.39, 0.29) is 16.5 Å². The summed E-state index contributed by atoms with van der Waals surface area (Å²) in [5.74, 6) is 2.68. The molecule has 0 aliphatic heterocycles. The summed E-state index contributed by atoms with van der Waals surface area (Å²) in [5.41, 5.74) is 16.7. The zero-order chi connectivity index (χ0) is 31.3. The zero-order valence-electron chi connectivity index (χ0n) is 28.3. The van der Waals surface area contributed by atoms with Crippen molar-refractivity contribution in [2.45, 2.75) is 144 Å². The maximum absolute atomic E-state index is 9.05. The Morgan fingerprint density at radius 3 is 1.79 bits per heavy atom. The van der Waals surface area contributed by atoms with Crippen LogP contribution in [0.5, 0.6) is 0 Å². The molecule has 0 atom stereocenters. The molecule has 0 N–H and O–H groups in total. The maximum Gasteiger partial charge on any atom is 2.00 e. The van der Waals surface area contributed by atoms with E-state index in [1.54, 1.807) is 0 Å². The van der Waals surface area contributed by atoms with E-state index in [0.717, 1.165) is 44.9 Å². The number of rotatable bonds is 18. The summed E-state index contributed by atoms with van der Waals surface area (Å²) in [7, 11) is 0. The Kier molecular flexibility index (Phi) is 31.2. The van der Waals surface area contributed by atoms with Gasteiger partial charge in [-0.2, -0.15) is 12.8 Å². The minimum Gasteiger partial charge on any atom is -0.348 e. The normalized spacial score (nSPS) is 10.5. The molecule has 2 nitrogen and oxygen atoms in total. The van der Waals surface area contributed by atoms with Crippen molar-refractivity contribution in [3.05, 3.63) is 102 Å². The molecule has 43 heavy (non-hydrogen) atoms. The van der Waals surface area contributed by atoms with Crippen LogP contribution in [0.2, 0.25) is 0 Å². The Hall–Kier alpha value is -2.17. The number of allylic oxidation sites excluding steroid dienone is 2. The first-order chi connectivity index (χ1) is 20.6. The van der Waals surface area contributed by atoms with Gasteiger partial charge < -0.3 is 19.4 Å². The Morgan fingerprint density at radius 1 is 0.674 bits per heavy atom. The number of hydrogen-bond acceptors (Lipinski definition) is 0. The third-order valence-electron chi connectivity index (χ3n) is 7.22. The van der Waals surface area contributed by atoms with Gasteiger partial charge in [-0.25, -0.2) is 0 Å². The quantitative estimate of drug-likeness (QED) is 0.0299. The molecule has 3 heteroatoms. The van der Waals surface area contributed by atoms with Crippen molar-refractivity contribution in [3.63, 3.8) is 0 Å². The molecule has 242 valence electrons. The third kappa shape index (κ3) is 21.2. The summed E-state index contributed by atoms with van der Waals surface area (Å²) >= 11 is 0. The van der Waals surface area contributed by atoms with Crippen LogP contribution in [0.25, 0.3) is 11.1 Å². The molecule has 0 fully saturated rings. The van der Waals surface area contributed by atoms with Gasteiger partial charge in [-0.3, -0.25) is 0 Å². The van der Waals surface area contributed by atoms with E-state index >= 15 is 0 Å². The largest absolute Gasteiger partial charge is 2.00 e. The maximum atomic E-state index is 9.05. The molecule has 0 heterocycles. The van der Waals surface area contributed by atoms with Gasteiger partial charge in [0.05, 0.1) is 6.08 Å². The van der Waals surface area contributed by atoms with E-state index < -0.39 is 0 Å². The fourth-order valence-corrected chi connectivity index (χ4v) is 4.49. The molecule has 0 bridgehead atoms. The van der Waals surface area contributed by atoms with Crippen molar-refractivity contribution >= 4 is 11.4 Å². The van der Waals surface area contributed by atoms with Crippen molar-refractivity contribution in [1.82, 2.24) is 0 Å². The Morgan fingerprint density at radius 2 is 1.23 bits per heavy atom. The van der Waals surface area contributed by atoms with Gasteiger partial charge in [0.2, 0.25) is 0 Å². The van der Waals surface area contributed by atoms with E-state index in [2.05, 4.69) is 108 Å². The Bertz CT molecular complexity index is 1020. The fraction of sp³-hybridized carbons (Fsp3) is 0.550. The van der Waals surface area contributed by atoms with Crippen LogP contribution in [0.3, 0.4) is 0 Å². The fourth-order valence-electron chi connectivity index (χ4n) is 4.49. The van der Waals surface area contributed by atoms with Gasteiger partial charge in [0.25, 0.3) is 5.87 Å². The van der Waals surface area contributed by atoms with Crippen LogP contribution in [-0.2, 0) is 29.3 Å². The van der Waals surface area contributed by atoms with E-state index in [9.17, 15) is 0 Å². The molecule has 0 spiro atoms. The first-order valence-corrected chi connectivity index (χ1v) is 17.0. The molecule has 0 unspecified atom stereocenters. The Balaban J connectivity index is 0. The standard InChI is InChI=1S/C32H44N2.2C4H9.Ni/c1-4-7-10-11-12-13-16-27-20-22-30(23-21-27)32(29(18-9-6-3)24-25-34-33)31-19-14-17-28(26-31)15-8-5-2;2*1-3-4-2;/h14,17,19-24,26H,4-13,15-16,18H2,1-3H3;2*1,3-4H2,2H3;/q;2*-1;+2. The molecule has 0 aromatic heterocycles. The Labute approximate surface area is 277 Å². The molecule has 2 aromatic rings. The first-order valence-electron chi connectivity index (χ1n) is 17.0. The van der Waals surface area contributed by atoms with Gasteiger partial charge in [-0.05, 0) is 71.9 Å². The van der Waals surface area contributed by atoms with Crippen LogP contribution in [0.1, 0.15) is 153 Å². The van der Waals surface area contributed by atoms with Gasteiger partial charge in [0.1, 0.15) is 0 Å². The topological polar surface area (TPSA) is 36.4 Å². The molecule has 0 aliphatic rings. The van der Waals surface area contributed by atoms with Gasteiger partial charge >= 0.3 is 16.5 Å². The van der Waals surface area contributed by atoms with Gasteiger partial charge in [0.15, 0.2) is 0 Å². The van der Waals surface area contributed by atoms with Gasteiger partial charge in [-0.1, -0.05) is 141 Å².